The molecular formula is C33H33N5O. The minimum absolute atomic E-state index is 0.0312. The summed E-state index contributed by atoms with van der Waals surface area (Å²) in [5.74, 6) is 0.995. The third kappa shape index (κ3) is 5.71. The van der Waals surface area contributed by atoms with Gasteiger partial charge >= 0.3 is 6.03 Å². The summed E-state index contributed by atoms with van der Waals surface area (Å²) in [5.41, 5.74) is 7.71. The zero-order valence-corrected chi connectivity index (χ0v) is 22.2. The van der Waals surface area contributed by atoms with Crippen LogP contribution in [0.3, 0.4) is 0 Å². The molecule has 0 spiro atoms. The Morgan fingerprint density at radius 1 is 0.846 bits per heavy atom. The Labute approximate surface area is 229 Å². The molecule has 0 saturated carbocycles. The van der Waals surface area contributed by atoms with Gasteiger partial charge < -0.3 is 15.2 Å². The van der Waals surface area contributed by atoms with Gasteiger partial charge in [0.15, 0.2) is 0 Å². The number of aromatic amines is 1. The highest BCUT2D eigenvalue weighted by Crippen LogP contribution is 2.31. The molecule has 1 aliphatic heterocycles. The van der Waals surface area contributed by atoms with E-state index in [-0.39, 0.29) is 11.9 Å². The third-order valence-electron chi connectivity index (χ3n) is 7.47. The van der Waals surface area contributed by atoms with Crippen molar-refractivity contribution in [3.05, 3.63) is 131 Å². The Kier molecular flexibility index (Phi) is 7.11. The van der Waals surface area contributed by atoms with Gasteiger partial charge in [-0.15, -0.1) is 0 Å². The van der Waals surface area contributed by atoms with Crippen molar-refractivity contribution in [2.24, 2.45) is 0 Å². The van der Waals surface area contributed by atoms with Crippen LogP contribution in [0.1, 0.15) is 34.0 Å². The van der Waals surface area contributed by atoms with Gasteiger partial charge in [-0.3, -0.25) is 4.90 Å². The number of piperazine rings is 1. The van der Waals surface area contributed by atoms with Gasteiger partial charge in [-0.05, 0) is 47.9 Å². The maximum absolute atomic E-state index is 12.7. The lowest BCUT2D eigenvalue weighted by Crippen LogP contribution is -2.49. The fourth-order valence-electron chi connectivity index (χ4n) is 5.32. The van der Waals surface area contributed by atoms with E-state index in [2.05, 4.69) is 81.9 Å². The van der Waals surface area contributed by atoms with Crippen molar-refractivity contribution >= 4 is 22.8 Å². The van der Waals surface area contributed by atoms with Gasteiger partial charge in [0.2, 0.25) is 0 Å². The molecule has 1 fully saturated rings. The molecule has 4 aromatic carbocycles. The summed E-state index contributed by atoms with van der Waals surface area (Å²) >= 11 is 0. The number of imidazole rings is 1. The summed E-state index contributed by atoms with van der Waals surface area (Å²) in [5, 5.41) is 3.02. The number of carbonyl (C=O) groups excluding carboxylic acids is 1. The number of hydrogen-bond acceptors (Lipinski definition) is 3. The lowest BCUT2D eigenvalue weighted by atomic mass is 9.91. The zero-order valence-electron chi connectivity index (χ0n) is 22.2. The molecule has 196 valence electrons. The van der Waals surface area contributed by atoms with Crippen LogP contribution in [0, 0.1) is 6.92 Å². The van der Waals surface area contributed by atoms with E-state index in [4.69, 9.17) is 4.98 Å². The fraction of sp³-hybridized carbons (Fsp3) is 0.212. The second kappa shape index (κ2) is 11.1. The number of benzene rings is 4. The van der Waals surface area contributed by atoms with E-state index in [1.807, 2.05) is 48.2 Å². The zero-order chi connectivity index (χ0) is 26.6. The predicted molar refractivity (Wildman–Crippen MR) is 157 cm³/mol. The topological polar surface area (TPSA) is 64.3 Å². The molecule has 1 aliphatic rings. The highest BCUT2D eigenvalue weighted by atomic mass is 16.2. The Balaban J connectivity index is 1.13. The number of aromatic nitrogens is 2. The molecule has 2 heterocycles. The van der Waals surface area contributed by atoms with Crippen molar-refractivity contribution in [1.82, 2.24) is 19.8 Å². The number of aryl methyl sites for hydroxylation is 1. The van der Waals surface area contributed by atoms with E-state index >= 15 is 0 Å². The molecule has 0 atom stereocenters. The Bertz CT molecular complexity index is 1500. The molecule has 39 heavy (non-hydrogen) atoms. The van der Waals surface area contributed by atoms with Crippen molar-refractivity contribution in [2.45, 2.75) is 19.4 Å². The summed E-state index contributed by atoms with van der Waals surface area (Å²) in [4.78, 5) is 25.6. The van der Waals surface area contributed by atoms with Gasteiger partial charge in [0, 0.05) is 38.4 Å². The van der Waals surface area contributed by atoms with E-state index in [9.17, 15) is 4.79 Å². The summed E-state index contributed by atoms with van der Waals surface area (Å²) in [6, 6.07) is 35.5. The lowest BCUT2D eigenvalue weighted by Gasteiger charge is -2.34. The summed E-state index contributed by atoms with van der Waals surface area (Å²) in [6.45, 7) is 6.00. The molecule has 0 bridgehead atoms. The largest absolute Gasteiger partial charge is 0.341 e. The van der Waals surface area contributed by atoms with E-state index < -0.39 is 0 Å². The van der Waals surface area contributed by atoms with Crippen LogP contribution in [0.25, 0.3) is 11.0 Å². The van der Waals surface area contributed by atoms with Gasteiger partial charge in [-0.2, -0.15) is 0 Å². The van der Waals surface area contributed by atoms with Crippen molar-refractivity contribution in [1.29, 1.82) is 0 Å². The van der Waals surface area contributed by atoms with E-state index in [0.29, 0.717) is 13.1 Å². The van der Waals surface area contributed by atoms with Crippen molar-refractivity contribution in [3.8, 4) is 0 Å². The monoisotopic (exact) mass is 515 g/mol. The number of urea groups is 1. The maximum Gasteiger partial charge on any atom is 0.321 e. The molecule has 6 heteroatoms. The summed E-state index contributed by atoms with van der Waals surface area (Å²) in [6.07, 6.45) is 0. The van der Waals surface area contributed by atoms with Crippen LogP contribution in [0.5, 0.6) is 0 Å². The van der Waals surface area contributed by atoms with Gasteiger partial charge in [-0.25, -0.2) is 9.78 Å². The summed E-state index contributed by atoms with van der Waals surface area (Å²) in [7, 11) is 0. The van der Waals surface area contributed by atoms with Crippen molar-refractivity contribution < 1.29 is 4.79 Å². The number of anilines is 1. The number of amides is 2. The number of nitrogens with one attached hydrogen (secondary N) is 2. The van der Waals surface area contributed by atoms with Crippen LogP contribution in [0.4, 0.5) is 10.5 Å². The average molecular weight is 516 g/mol. The van der Waals surface area contributed by atoms with Gasteiger partial charge in [0.25, 0.3) is 0 Å². The summed E-state index contributed by atoms with van der Waals surface area (Å²) < 4.78 is 0. The number of hydrogen-bond donors (Lipinski definition) is 2. The minimum Gasteiger partial charge on any atom is -0.341 e. The second-order valence-electron chi connectivity index (χ2n) is 10.3. The van der Waals surface area contributed by atoms with E-state index in [1.165, 1.54) is 22.3 Å². The predicted octanol–water partition coefficient (Wildman–Crippen LogP) is 6.40. The second-order valence-corrected chi connectivity index (χ2v) is 10.3. The van der Waals surface area contributed by atoms with Crippen LogP contribution in [0.2, 0.25) is 0 Å². The first kappa shape index (κ1) is 24.9. The minimum atomic E-state index is -0.0312. The molecule has 0 unspecified atom stereocenters. The van der Waals surface area contributed by atoms with E-state index in [1.54, 1.807) is 0 Å². The van der Waals surface area contributed by atoms with Crippen LogP contribution in [-0.2, 0) is 6.54 Å². The number of H-pyrrole nitrogens is 1. The molecule has 5 aromatic rings. The molecular weight excluding hydrogens is 482 g/mol. The Hall–Kier alpha value is -4.42. The average Bonchev–Trinajstić information content (AvgIpc) is 3.39. The van der Waals surface area contributed by atoms with Gasteiger partial charge in [-0.1, -0.05) is 84.4 Å². The molecule has 0 radical (unpaired) electrons. The SMILES string of the molecule is Cc1ccc(NC(=O)N2CCN(Cc3ccc4nc(C(c5ccccc5)c5ccccc5)[nH]c4c3)CC2)cc1. The lowest BCUT2D eigenvalue weighted by molar-refractivity contribution is 0.143. The molecule has 2 amide bonds. The van der Waals surface area contributed by atoms with Crippen LogP contribution >= 0.6 is 0 Å². The number of carbonyl (C=O) groups is 1. The number of nitrogens with zero attached hydrogens (tertiary/aromatic N) is 3. The van der Waals surface area contributed by atoms with Crippen molar-refractivity contribution in [3.63, 3.8) is 0 Å². The first-order valence-corrected chi connectivity index (χ1v) is 13.6. The molecule has 1 saturated heterocycles. The molecule has 6 nitrogen and oxygen atoms in total. The molecule has 2 N–H and O–H groups in total. The smallest absolute Gasteiger partial charge is 0.321 e. The first-order valence-electron chi connectivity index (χ1n) is 13.6. The highest BCUT2D eigenvalue weighted by molar-refractivity contribution is 5.89. The van der Waals surface area contributed by atoms with Crippen LogP contribution in [-0.4, -0.2) is 52.0 Å². The number of rotatable bonds is 6. The van der Waals surface area contributed by atoms with Gasteiger partial charge in [0.05, 0.1) is 17.0 Å². The normalized spacial score (nSPS) is 14.2. The quantitative estimate of drug-likeness (QED) is 0.275. The number of fused-ring (bicyclic) bond motifs is 1. The fourth-order valence-corrected chi connectivity index (χ4v) is 5.32. The standard InChI is InChI=1S/C33H33N5O/c1-24-12-15-28(16-13-24)34-33(39)38-20-18-37(19-21-38)23-25-14-17-29-30(22-25)36-32(35-29)31(26-8-4-2-5-9-26)27-10-6-3-7-11-27/h2-17,22,31H,18-21,23H2,1H3,(H,34,39)(H,35,36). The maximum atomic E-state index is 12.7. The molecule has 6 rings (SSSR count). The molecule has 1 aromatic heterocycles. The first-order chi connectivity index (χ1) is 19.1. The van der Waals surface area contributed by atoms with E-state index in [0.717, 1.165) is 42.2 Å². The molecule has 0 aliphatic carbocycles. The third-order valence-corrected chi connectivity index (χ3v) is 7.47. The van der Waals surface area contributed by atoms with Gasteiger partial charge in [0.1, 0.15) is 5.82 Å². The highest BCUT2D eigenvalue weighted by Gasteiger charge is 2.23. The Morgan fingerprint density at radius 3 is 2.13 bits per heavy atom. The van der Waals surface area contributed by atoms with Crippen LogP contribution < -0.4 is 5.32 Å². The Morgan fingerprint density at radius 2 is 1.49 bits per heavy atom. The van der Waals surface area contributed by atoms with Crippen molar-refractivity contribution in [2.75, 3.05) is 31.5 Å². The van der Waals surface area contributed by atoms with Crippen LogP contribution in [0.15, 0.2) is 103 Å².